The number of para-hydroxylation sites is 1. The Bertz CT molecular complexity index is 823. The van der Waals surface area contributed by atoms with Crippen LogP contribution in [0.2, 0.25) is 0 Å². The monoisotopic (exact) mass is 395 g/mol. The van der Waals surface area contributed by atoms with Crippen molar-refractivity contribution in [2.75, 3.05) is 13.1 Å². The second-order valence-electron chi connectivity index (χ2n) is 10.2. The molecule has 4 aliphatic carbocycles. The van der Waals surface area contributed by atoms with E-state index in [2.05, 4.69) is 10.6 Å². The maximum atomic E-state index is 13.1. The third-order valence-corrected chi connectivity index (χ3v) is 8.05. The molecule has 0 unspecified atom stereocenters. The Morgan fingerprint density at radius 1 is 1.03 bits per heavy atom. The molecule has 2 aliphatic heterocycles. The van der Waals surface area contributed by atoms with Gasteiger partial charge < -0.3 is 20.3 Å². The van der Waals surface area contributed by atoms with Gasteiger partial charge in [0.2, 0.25) is 0 Å². The summed E-state index contributed by atoms with van der Waals surface area (Å²) in [7, 11) is 0. The maximum Gasteiger partial charge on any atom is 0.317 e. The standard InChI is InChI=1S/C23H29N3O3/c27-20-18-3-1-2-4-19(18)29-23(24-20)5-7-26(8-6-23)21(28)25-22-12-15-9-16(13-22)11-17(10-15)14-22/h1-4,15-17H,5-14H2,(H,24,27)(H,25,28). The number of hydrogen-bond donors (Lipinski definition) is 2. The summed E-state index contributed by atoms with van der Waals surface area (Å²) >= 11 is 0. The number of piperidine rings is 1. The van der Waals surface area contributed by atoms with Crippen molar-refractivity contribution in [2.45, 2.75) is 62.6 Å². The van der Waals surface area contributed by atoms with Gasteiger partial charge in [-0.05, 0) is 68.4 Å². The lowest BCUT2D eigenvalue weighted by atomic mass is 9.53. The minimum absolute atomic E-state index is 0.0372. The molecule has 1 aromatic carbocycles. The number of nitrogens with one attached hydrogen (secondary N) is 2. The fourth-order valence-corrected chi connectivity index (χ4v) is 7.12. The second kappa shape index (κ2) is 6.13. The van der Waals surface area contributed by atoms with Gasteiger partial charge in [-0.3, -0.25) is 4.79 Å². The van der Waals surface area contributed by atoms with Crippen LogP contribution in [0, 0.1) is 17.8 Å². The van der Waals surface area contributed by atoms with Gasteiger partial charge in [-0.15, -0.1) is 0 Å². The lowest BCUT2D eigenvalue weighted by Gasteiger charge is -2.57. The fraction of sp³-hybridized carbons (Fsp3) is 0.652. The number of carbonyl (C=O) groups excluding carboxylic acids is 2. The molecule has 5 fully saturated rings. The molecule has 6 nitrogen and oxygen atoms in total. The zero-order valence-corrected chi connectivity index (χ0v) is 16.8. The highest BCUT2D eigenvalue weighted by Crippen LogP contribution is 2.55. The van der Waals surface area contributed by atoms with Gasteiger partial charge in [0.05, 0.1) is 5.56 Å². The van der Waals surface area contributed by atoms with E-state index in [1.165, 1.54) is 38.5 Å². The summed E-state index contributed by atoms with van der Waals surface area (Å²) in [6.07, 6.45) is 8.84. The molecule has 29 heavy (non-hydrogen) atoms. The molecular weight excluding hydrogens is 366 g/mol. The number of urea groups is 1. The third kappa shape index (κ3) is 2.90. The number of amides is 3. The topological polar surface area (TPSA) is 70.7 Å². The van der Waals surface area contributed by atoms with E-state index >= 15 is 0 Å². The molecule has 7 rings (SSSR count). The lowest BCUT2D eigenvalue weighted by molar-refractivity contribution is -0.0293. The molecule has 2 heterocycles. The second-order valence-corrected chi connectivity index (χ2v) is 10.2. The summed E-state index contributed by atoms with van der Waals surface area (Å²) in [5.74, 6) is 3.01. The van der Waals surface area contributed by atoms with Gasteiger partial charge in [0.15, 0.2) is 5.72 Å². The summed E-state index contributed by atoms with van der Waals surface area (Å²) in [6.45, 7) is 1.20. The van der Waals surface area contributed by atoms with E-state index in [-0.39, 0.29) is 17.5 Å². The Hall–Kier alpha value is -2.24. The van der Waals surface area contributed by atoms with E-state index in [1.54, 1.807) is 6.07 Å². The SMILES string of the molecule is O=C1NC2(CCN(C(=O)NC34CC5CC(CC(C5)C3)C4)CC2)Oc2ccccc21. The minimum atomic E-state index is -0.692. The van der Waals surface area contributed by atoms with Gasteiger partial charge in [0, 0.05) is 31.5 Å². The third-order valence-electron chi connectivity index (χ3n) is 8.05. The van der Waals surface area contributed by atoms with Crippen molar-refractivity contribution >= 4 is 11.9 Å². The molecule has 154 valence electrons. The van der Waals surface area contributed by atoms with Gasteiger partial charge >= 0.3 is 6.03 Å². The van der Waals surface area contributed by atoms with Gasteiger partial charge in [-0.1, -0.05) is 12.1 Å². The van der Waals surface area contributed by atoms with E-state index in [0.717, 1.165) is 17.8 Å². The largest absolute Gasteiger partial charge is 0.467 e. The van der Waals surface area contributed by atoms with Crippen LogP contribution in [-0.4, -0.2) is 41.2 Å². The number of benzene rings is 1. The summed E-state index contributed by atoms with van der Waals surface area (Å²) in [6, 6.07) is 7.44. The van der Waals surface area contributed by atoms with Crippen molar-refractivity contribution in [3.8, 4) is 5.75 Å². The van der Waals surface area contributed by atoms with Crippen molar-refractivity contribution in [2.24, 2.45) is 17.8 Å². The number of nitrogens with zero attached hydrogens (tertiary/aromatic N) is 1. The van der Waals surface area contributed by atoms with Gasteiger partial charge in [0.25, 0.3) is 5.91 Å². The molecule has 1 spiro atoms. The van der Waals surface area contributed by atoms with Crippen molar-refractivity contribution in [1.29, 1.82) is 0 Å². The van der Waals surface area contributed by atoms with Crippen LogP contribution < -0.4 is 15.4 Å². The van der Waals surface area contributed by atoms with Gasteiger partial charge in [-0.25, -0.2) is 4.79 Å². The van der Waals surface area contributed by atoms with E-state index in [1.807, 2.05) is 23.1 Å². The Kier molecular flexibility index (Phi) is 3.72. The van der Waals surface area contributed by atoms with Crippen LogP contribution in [0.4, 0.5) is 4.79 Å². The molecular formula is C23H29N3O3. The molecule has 6 aliphatic rings. The van der Waals surface area contributed by atoms with E-state index in [4.69, 9.17) is 4.74 Å². The number of ether oxygens (including phenoxy) is 1. The van der Waals surface area contributed by atoms with Crippen molar-refractivity contribution in [3.05, 3.63) is 29.8 Å². The number of fused-ring (bicyclic) bond motifs is 1. The van der Waals surface area contributed by atoms with Crippen LogP contribution in [0.5, 0.6) is 5.75 Å². The molecule has 1 aromatic rings. The number of hydrogen-bond acceptors (Lipinski definition) is 3. The van der Waals surface area contributed by atoms with Crippen LogP contribution in [0.15, 0.2) is 24.3 Å². The maximum absolute atomic E-state index is 13.1. The Balaban J connectivity index is 1.12. The predicted molar refractivity (Wildman–Crippen MR) is 108 cm³/mol. The van der Waals surface area contributed by atoms with Crippen LogP contribution in [-0.2, 0) is 0 Å². The smallest absolute Gasteiger partial charge is 0.317 e. The molecule has 0 radical (unpaired) electrons. The van der Waals surface area contributed by atoms with Crippen LogP contribution in [0.3, 0.4) is 0 Å². The van der Waals surface area contributed by atoms with Crippen molar-refractivity contribution in [3.63, 3.8) is 0 Å². The Morgan fingerprint density at radius 2 is 1.66 bits per heavy atom. The first-order chi connectivity index (χ1) is 14.0. The summed E-state index contributed by atoms with van der Waals surface area (Å²) in [5.41, 5.74) is -0.0710. The highest BCUT2D eigenvalue weighted by atomic mass is 16.5. The highest BCUT2D eigenvalue weighted by Gasteiger charge is 2.52. The molecule has 4 bridgehead atoms. The average Bonchev–Trinajstić information content (AvgIpc) is 2.67. The average molecular weight is 396 g/mol. The van der Waals surface area contributed by atoms with Crippen molar-refractivity contribution < 1.29 is 14.3 Å². The van der Waals surface area contributed by atoms with Crippen LogP contribution in [0.1, 0.15) is 61.7 Å². The van der Waals surface area contributed by atoms with Gasteiger partial charge in [0.1, 0.15) is 5.75 Å². The van der Waals surface area contributed by atoms with E-state index < -0.39 is 5.72 Å². The first-order valence-corrected chi connectivity index (χ1v) is 11.2. The summed E-state index contributed by atoms with van der Waals surface area (Å²) in [4.78, 5) is 27.5. The molecule has 1 saturated heterocycles. The van der Waals surface area contributed by atoms with Crippen molar-refractivity contribution in [1.82, 2.24) is 15.5 Å². The fourth-order valence-electron chi connectivity index (χ4n) is 7.12. The van der Waals surface area contributed by atoms with E-state index in [0.29, 0.717) is 37.2 Å². The Labute approximate surface area is 171 Å². The quantitative estimate of drug-likeness (QED) is 0.767. The normalized spacial score (nSPS) is 36.3. The summed E-state index contributed by atoms with van der Waals surface area (Å²) < 4.78 is 6.20. The first kappa shape index (κ1) is 17.6. The molecule has 6 heteroatoms. The first-order valence-electron chi connectivity index (χ1n) is 11.2. The number of likely N-dealkylation sites (tertiary alicyclic amines) is 1. The van der Waals surface area contributed by atoms with Gasteiger partial charge in [-0.2, -0.15) is 0 Å². The zero-order chi connectivity index (χ0) is 19.6. The summed E-state index contributed by atoms with van der Waals surface area (Å²) in [5, 5.41) is 6.52. The molecule has 4 saturated carbocycles. The molecule has 0 aromatic heterocycles. The molecule has 0 atom stereocenters. The molecule has 3 amide bonds. The van der Waals surface area contributed by atoms with Crippen LogP contribution >= 0.6 is 0 Å². The van der Waals surface area contributed by atoms with Crippen LogP contribution in [0.25, 0.3) is 0 Å². The lowest BCUT2D eigenvalue weighted by Crippen LogP contribution is -2.65. The highest BCUT2D eigenvalue weighted by molar-refractivity contribution is 5.98. The molecule has 2 N–H and O–H groups in total. The van der Waals surface area contributed by atoms with E-state index in [9.17, 15) is 9.59 Å². The number of carbonyl (C=O) groups is 2. The zero-order valence-electron chi connectivity index (χ0n) is 16.8. The number of rotatable bonds is 1. The minimum Gasteiger partial charge on any atom is -0.467 e. The Morgan fingerprint density at radius 3 is 2.31 bits per heavy atom. The predicted octanol–water partition coefficient (Wildman–Crippen LogP) is 3.28.